The molecule has 3 N–H and O–H groups in total. The molecular weight excluding hydrogens is 284 g/mol. The average Bonchev–Trinajstić information content (AvgIpc) is 2.73. The zero-order chi connectivity index (χ0) is 14.9. The predicted molar refractivity (Wildman–Crippen MR) is 75.0 cm³/mol. The van der Waals surface area contributed by atoms with Crippen LogP contribution in [0.3, 0.4) is 0 Å². The number of rotatable bonds is 3. The Kier molecular flexibility index (Phi) is 3.99. The molecule has 2 aromatic rings. The van der Waals surface area contributed by atoms with E-state index in [1.807, 2.05) is 13.8 Å². The maximum absolute atomic E-state index is 13.2. The van der Waals surface area contributed by atoms with Gasteiger partial charge in [0.1, 0.15) is 0 Å². The molecule has 4 nitrogen and oxygen atoms in total. The number of nitrogens with zero attached hydrogens (tertiary/aromatic N) is 1. The van der Waals surface area contributed by atoms with Crippen LogP contribution in [0, 0.1) is 18.6 Å². The van der Waals surface area contributed by atoms with Gasteiger partial charge in [0.15, 0.2) is 16.8 Å². The highest BCUT2D eigenvalue weighted by atomic mass is 32.1. The van der Waals surface area contributed by atoms with E-state index in [4.69, 9.17) is 5.73 Å². The van der Waals surface area contributed by atoms with Crippen molar-refractivity contribution in [3.8, 4) is 0 Å². The van der Waals surface area contributed by atoms with Crippen LogP contribution >= 0.6 is 11.3 Å². The maximum Gasteiger partial charge on any atom is 0.259 e. The highest BCUT2D eigenvalue weighted by molar-refractivity contribution is 7.15. The van der Waals surface area contributed by atoms with Gasteiger partial charge in [-0.05, 0) is 19.4 Å². The van der Waals surface area contributed by atoms with Crippen molar-refractivity contribution < 1.29 is 13.6 Å². The van der Waals surface area contributed by atoms with Gasteiger partial charge in [0.25, 0.3) is 5.91 Å². The third-order valence-electron chi connectivity index (χ3n) is 2.79. The number of thiazole rings is 1. The van der Waals surface area contributed by atoms with Crippen molar-refractivity contribution in [2.24, 2.45) is 0 Å². The van der Waals surface area contributed by atoms with E-state index in [2.05, 4.69) is 10.3 Å². The summed E-state index contributed by atoms with van der Waals surface area (Å²) in [6, 6.07) is 1.57. The van der Waals surface area contributed by atoms with Crippen LogP contribution in [-0.4, -0.2) is 10.9 Å². The van der Waals surface area contributed by atoms with Crippen molar-refractivity contribution in [2.45, 2.75) is 20.3 Å². The van der Waals surface area contributed by atoms with Crippen LogP contribution in [0.5, 0.6) is 0 Å². The van der Waals surface area contributed by atoms with Gasteiger partial charge in [-0.3, -0.25) is 10.1 Å². The summed E-state index contributed by atoms with van der Waals surface area (Å²) in [6.45, 7) is 3.86. The molecule has 1 aromatic heterocycles. The Hall–Kier alpha value is -2.02. The van der Waals surface area contributed by atoms with Gasteiger partial charge in [-0.15, -0.1) is 11.3 Å². The van der Waals surface area contributed by atoms with Crippen molar-refractivity contribution >= 4 is 28.1 Å². The maximum atomic E-state index is 13.2. The number of hydrogen-bond donors (Lipinski definition) is 2. The number of halogens is 2. The second-order valence-electron chi connectivity index (χ2n) is 4.18. The summed E-state index contributed by atoms with van der Waals surface area (Å²) in [5.41, 5.74) is 6.18. The zero-order valence-electron chi connectivity index (χ0n) is 11.0. The van der Waals surface area contributed by atoms with Crippen molar-refractivity contribution in [2.75, 3.05) is 11.1 Å². The largest absolute Gasteiger partial charge is 0.398 e. The minimum Gasteiger partial charge on any atom is -0.398 e. The van der Waals surface area contributed by atoms with Gasteiger partial charge in [-0.2, -0.15) is 0 Å². The van der Waals surface area contributed by atoms with Gasteiger partial charge < -0.3 is 5.73 Å². The summed E-state index contributed by atoms with van der Waals surface area (Å²) >= 11 is 1.32. The van der Waals surface area contributed by atoms with Crippen LogP contribution in [0.15, 0.2) is 12.1 Å². The van der Waals surface area contributed by atoms with Gasteiger partial charge >= 0.3 is 0 Å². The number of nitrogens with one attached hydrogen (secondary N) is 1. The molecule has 1 amide bonds. The Morgan fingerprint density at radius 1 is 1.40 bits per heavy atom. The molecule has 0 aliphatic rings. The first-order valence-electron chi connectivity index (χ1n) is 5.94. The van der Waals surface area contributed by atoms with E-state index < -0.39 is 17.5 Å². The van der Waals surface area contributed by atoms with E-state index in [9.17, 15) is 13.6 Å². The van der Waals surface area contributed by atoms with Gasteiger partial charge in [0.2, 0.25) is 0 Å². The number of nitrogen functional groups attached to an aromatic ring is 1. The molecule has 0 aliphatic heterocycles. The Morgan fingerprint density at radius 3 is 2.65 bits per heavy atom. The molecule has 0 aliphatic carbocycles. The zero-order valence-corrected chi connectivity index (χ0v) is 11.8. The minimum atomic E-state index is -1.12. The predicted octanol–water partition coefficient (Wildman–Crippen LogP) is 3.13. The van der Waals surface area contributed by atoms with Gasteiger partial charge in [-0.25, -0.2) is 13.8 Å². The topological polar surface area (TPSA) is 68.0 Å². The Labute approximate surface area is 118 Å². The fourth-order valence-electron chi connectivity index (χ4n) is 1.73. The lowest BCUT2D eigenvalue weighted by Gasteiger charge is -2.06. The van der Waals surface area contributed by atoms with Gasteiger partial charge in [0, 0.05) is 16.6 Å². The molecule has 7 heteroatoms. The first-order valence-corrected chi connectivity index (χ1v) is 6.76. The molecule has 0 saturated carbocycles. The van der Waals surface area contributed by atoms with Gasteiger partial charge in [0.05, 0.1) is 11.3 Å². The number of benzene rings is 1. The van der Waals surface area contributed by atoms with Crippen molar-refractivity contribution in [1.29, 1.82) is 0 Å². The highest BCUT2D eigenvalue weighted by Crippen LogP contribution is 2.24. The van der Waals surface area contributed by atoms with Crippen LogP contribution in [0.2, 0.25) is 0 Å². The fourth-order valence-corrected chi connectivity index (χ4v) is 2.63. The number of aryl methyl sites for hydroxylation is 2. The monoisotopic (exact) mass is 297 g/mol. The molecule has 0 bridgehead atoms. The average molecular weight is 297 g/mol. The number of hydrogen-bond acceptors (Lipinski definition) is 4. The summed E-state index contributed by atoms with van der Waals surface area (Å²) in [7, 11) is 0. The molecule has 0 radical (unpaired) electrons. The van der Waals surface area contributed by atoms with Crippen molar-refractivity contribution in [3.05, 3.63) is 39.9 Å². The molecule has 0 unspecified atom stereocenters. The van der Waals surface area contributed by atoms with Crippen LogP contribution in [0.4, 0.5) is 19.6 Å². The summed E-state index contributed by atoms with van der Waals surface area (Å²) in [5, 5.41) is 2.95. The standard InChI is InChI=1S/C13H13F2N3OS/c1-3-11-6(2)20-13(17-11)18-12(19)7-4-8(14)9(15)5-10(7)16/h4-5H,3,16H2,1-2H3,(H,17,18,19). The summed E-state index contributed by atoms with van der Waals surface area (Å²) in [5.74, 6) is -2.82. The molecule has 0 fully saturated rings. The van der Waals surface area contributed by atoms with Crippen LogP contribution < -0.4 is 11.1 Å². The molecule has 0 saturated heterocycles. The number of anilines is 2. The van der Waals surface area contributed by atoms with E-state index >= 15 is 0 Å². The Morgan fingerprint density at radius 2 is 2.05 bits per heavy atom. The van der Waals surface area contributed by atoms with E-state index in [1.54, 1.807) is 0 Å². The Balaban J connectivity index is 2.25. The fraction of sp³-hybridized carbons (Fsp3) is 0.231. The number of aromatic nitrogens is 1. The van der Waals surface area contributed by atoms with E-state index in [0.29, 0.717) is 5.13 Å². The number of carbonyl (C=O) groups is 1. The smallest absolute Gasteiger partial charge is 0.259 e. The second kappa shape index (κ2) is 5.54. The quantitative estimate of drug-likeness (QED) is 0.855. The van der Waals surface area contributed by atoms with Crippen LogP contribution in [-0.2, 0) is 6.42 Å². The van der Waals surface area contributed by atoms with E-state index in [-0.39, 0.29) is 11.3 Å². The van der Waals surface area contributed by atoms with Crippen LogP contribution in [0.25, 0.3) is 0 Å². The molecule has 1 aromatic carbocycles. The normalized spacial score (nSPS) is 10.6. The molecule has 20 heavy (non-hydrogen) atoms. The lowest BCUT2D eigenvalue weighted by atomic mass is 10.1. The Bertz CT molecular complexity index is 670. The third-order valence-corrected chi connectivity index (χ3v) is 3.71. The second-order valence-corrected chi connectivity index (χ2v) is 5.39. The molecule has 0 atom stereocenters. The highest BCUT2D eigenvalue weighted by Gasteiger charge is 2.16. The summed E-state index contributed by atoms with van der Waals surface area (Å²) in [4.78, 5) is 17.2. The lowest BCUT2D eigenvalue weighted by Crippen LogP contribution is -2.14. The first kappa shape index (κ1) is 14.4. The SMILES string of the molecule is CCc1nc(NC(=O)c2cc(F)c(F)cc2N)sc1C. The molecular formula is C13H13F2N3OS. The van der Waals surface area contributed by atoms with Gasteiger partial charge in [-0.1, -0.05) is 6.92 Å². The summed E-state index contributed by atoms with van der Waals surface area (Å²) in [6.07, 6.45) is 0.755. The molecule has 2 rings (SSSR count). The first-order chi connectivity index (χ1) is 9.42. The van der Waals surface area contributed by atoms with Crippen LogP contribution in [0.1, 0.15) is 27.9 Å². The third kappa shape index (κ3) is 2.77. The molecule has 1 heterocycles. The minimum absolute atomic E-state index is 0.116. The van der Waals surface area contributed by atoms with E-state index in [1.165, 1.54) is 11.3 Å². The lowest BCUT2D eigenvalue weighted by molar-refractivity contribution is 0.102. The molecule has 106 valence electrons. The van der Waals surface area contributed by atoms with Crippen molar-refractivity contribution in [1.82, 2.24) is 4.98 Å². The number of amides is 1. The molecule has 0 spiro atoms. The summed E-state index contributed by atoms with van der Waals surface area (Å²) < 4.78 is 26.1. The number of carbonyl (C=O) groups excluding carboxylic acids is 1. The van der Waals surface area contributed by atoms with Crippen molar-refractivity contribution in [3.63, 3.8) is 0 Å². The number of nitrogens with two attached hydrogens (primary N) is 1. The van der Waals surface area contributed by atoms with E-state index in [0.717, 1.165) is 29.1 Å².